The molecular formula is C19H17BrN4O3. The number of phenolic OH excluding ortho intramolecular Hbond substituents is 1. The van der Waals surface area contributed by atoms with Crippen LogP contribution in [0.4, 0.5) is 0 Å². The molecule has 0 radical (unpaired) electrons. The molecule has 1 aromatic heterocycles. The monoisotopic (exact) mass is 428 g/mol. The molecule has 0 fully saturated rings. The molecule has 0 saturated carbocycles. The zero-order chi connectivity index (χ0) is 19.2. The molecule has 0 spiro atoms. The van der Waals surface area contributed by atoms with E-state index >= 15 is 0 Å². The van der Waals surface area contributed by atoms with E-state index in [4.69, 9.17) is 4.74 Å². The van der Waals surface area contributed by atoms with E-state index in [2.05, 4.69) is 31.6 Å². The molecule has 0 aliphatic rings. The van der Waals surface area contributed by atoms with Crippen molar-refractivity contribution in [3.63, 3.8) is 0 Å². The highest BCUT2D eigenvalue weighted by molar-refractivity contribution is 9.10. The van der Waals surface area contributed by atoms with Crippen LogP contribution in [0.2, 0.25) is 0 Å². The van der Waals surface area contributed by atoms with E-state index in [-0.39, 0.29) is 11.7 Å². The Morgan fingerprint density at radius 3 is 2.96 bits per heavy atom. The Morgan fingerprint density at radius 2 is 2.22 bits per heavy atom. The summed E-state index contributed by atoms with van der Waals surface area (Å²) in [4.78, 5) is 12.3. The third-order valence-corrected chi connectivity index (χ3v) is 4.35. The van der Waals surface area contributed by atoms with Gasteiger partial charge in [-0.05, 0) is 57.4 Å². The Bertz CT molecular complexity index is 971. The van der Waals surface area contributed by atoms with Crippen LogP contribution in [0.3, 0.4) is 0 Å². The van der Waals surface area contributed by atoms with E-state index in [9.17, 15) is 9.90 Å². The number of hydrazone groups is 1. The van der Waals surface area contributed by atoms with Crippen molar-refractivity contribution in [1.29, 1.82) is 0 Å². The van der Waals surface area contributed by atoms with Crippen molar-refractivity contribution in [2.45, 2.75) is 6.54 Å². The number of phenols is 1. The molecule has 3 rings (SSSR count). The van der Waals surface area contributed by atoms with Crippen LogP contribution in [0.25, 0.3) is 0 Å². The first-order valence-corrected chi connectivity index (χ1v) is 8.82. The largest absolute Gasteiger partial charge is 0.503 e. The number of nitrogens with zero attached hydrogens (tertiary/aromatic N) is 3. The Morgan fingerprint density at radius 1 is 1.37 bits per heavy atom. The number of nitrogens with one attached hydrogen (secondary N) is 1. The molecule has 7 nitrogen and oxygen atoms in total. The minimum Gasteiger partial charge on any atom is -0.503 e. The van der Waals surface area contributed by atoms with E-state index in [1.54, 1.807) is 35.1 Å². The summed E-state index contributed by atoms with van der Waals surface area (Å²) in [5, 5.41) is 17.9. The lowest BCUT2D eigenvalue weighted by Crippen LogP contribution is -2.18. The summed E-state index contributed by atoms with van der Waals surface area (Å²) in [6.07, 6.45) is 5.04. The highest BCUT2D eigenvalue weighted by Crippen LogP contribution is 2.34. The quantitative estimate of drug-likeness (QED) is 0.466. The molecule has 0 unspecified atom stereocenters. The lowest BCUT2D eigenvalue weighted by atomic mass is 10.1. The van der Waals surface area contributed by atoms with Crippen LogP contribution in [0.5, 0.6) is 11.5 Å². The minimum atomic E-state index is -0.321. The first-order valence-electron chi connectivity index (χ1n) is 8.03. The number of aromatic nitrogens is 2. The standard InChI is InChI=1S/C19H17BrN4O3/c1-27-17-10-14(9-16(20)18(17)25)11-21-23-19(26)15-5-2-4-13(8-15)12-24-7-3-6-22-24/h2-11,25H,12H2,1H3,(H,23,26)/b21-11-. The van der Waals surface area contributed by atoms with Crippen molar-refractivity contribution in [3.05, 3.63) is 76.0 Å². The average molecular weight is 429 g/mol. The van der Waals surface area contributed by atoms with Crippen molar-refractivity contribution in [1.82, 2.24) is 15.2 Å². The molecule has 1 heterocycles. The van der Waals surface area contributed by atoms with Crippen LogP contribution in [-0.4, -0.2) is 34.1 Å². The highest BCUT2D eigenvalue weighted by atomic mass is 79.9. The molecule has 0 aliphatic heterocycles. The molecule has 3 aromatic rings. The van der Waals surface area contributed by atoms with E-state index in [1.165, 1.54) is 13.3 Å². The Kier molecular flexibility index (Phi) is 5.87. The van der Waals surface area contributed by atoms with Gasteiger partial charge < -0.3 is 9.84 Å². The van der Waals surface area contributed by atoms with Crippen LogP contribution >= 0.6 is 15.9 Å². The molecular weight excluding hydrogens is 412 g/mol. The smallest absolute Gasteiger partial charge is 0.271 e. The van der Waals surface area contributed by atoms with Crippen LogP contribution in [0.1, 0.15) is 21.5 Å². The number of methoxy groups -OCH3 is 1. The van der Waals surface area contributed by atoms with Crippen molar-refractivity contribution < 1.29 is 14.6 Å². The number of ether oxygens (including phenoxy) is 1. The second-order valence-corrected chi connectivity index (χ2v) is 6.51. The van der Waals surface area contributed by atoms with Crippen LogP contribution in [0.15, 0.2) is 64.4 Å². The fraction of sp³-hybridized carbons (Fsp3) is 0.105. The molecule has 0 saturated heterocycles. The predicted octanol–water partition coefficient (Wildman–Crippen LogP) is 3.17. The predicted molar refractivity (Wildman–Crippen MR) is 105 cm³/mol. The summed E-state index contributed by atoms with van der Waals surface area (Å²) < 4.78 is 7.34. The summed E-state index contributed by atoms with van der Waals surface area (Å²) in [5.41, 5.74) is 4.61. The molecule has 8 heteroatoms. The Hall–Kier alpha value is -3.13. The van der Waals surface area contributed by atoms with Gasteiger partial charge in [-0.3, -0.25) is 9.48 Å². The van der Waals surface area contributed by atoms with E-state index in [1.807, 2.05) is 24.4 Å². The average Bonchev–Trinajstić information content (AvgIpc) is 3.17. The van der Waals surface area contributed by atoms with E-state index < -0.39 is 0 Å². The number of hydrogen-bond donors (Lipinski definition) is 2. The number of benzene rings is 2. The number of amides is 1. The second-order valence-electron chi connectivity index (χ2n) is 5.66. The van der Waals surface area contributed by atoms with Gasteiger partial charge in [0.25, 0.3) is 5.91 Å². The van der Waals surface area contributed by atoms with Gasteiger partial charge in [0.05, 0.1) is 24.3 Å². The van der Waals surface area contributed by atoms with Crippen molar-refractivity contribution >= 4 is 28.1 Å². The summed E-state index contributed by atoms with van der Waals surface area (Å²) in [5.74, 6) is -0.00506. The van der Waals surface area contributed by atoms with Gasteiger partial charge in [0.2, 0.25) is 0 Å². The van der Waals surface area contributed by atoms with E-state index in [0.717, 1.165) is 5.56 Å². The fourth-order valence-corrected chi connectivity index (χ4v) is 2.91. The zero-order valence-corrected chi connectivity index (χ0v) is 16.0. The number of aromatic hydroxyl groups is 1. The van der Waals surface area contributed by atoms with Crippen LogP contribution in [-0.2, 0) is 6.54 Å². The van der Waals surface area contributed by atoms with Gasteiger partial charge in [0.15, 0.2) is 11.5 Å². The van der Waals surface area contributed by atoms with Gasteiger partial charge in [-0.25, -0.2) is 5.43 Å². The molecule has 27 heavy (non-hydrogen) atoms. The van der Waals surface area contributed by atoms with Gasteiger partial charge in [-0.2, -0.15) is 10.2 Å². The van der Waals surface area contributed by atoms with Gasteiger partial charge in [0.1, 0.15) is 0 Å². The highest BCUT2D eigenvalue weighted by Gasteiger charge is 2.08. The number of rotatable bonds is 6. The Labute approximate surface area is 164 Å². The fourth-order valence-electron chi connectivity index (χ4n) is 2.45. The second kappa shape index (κ2) is 8.50. The molecule has 138 valence electrons. The van der Waals surface area contributed by atoms with E-state index in [0.29, 0.717) is 27.9 Å². The number of carbonyl (C=O) groups is 1. The third-order valence-electron chi connectivity index (χ3n) is 3.74. The van der Waals surface area contributed by atoms with Crippen molar-refractivity contribution in [2.24, 2.45) is 5.10 Å². The summed E-state index contributed by atoms with van der Waals surface area (Å²) >= 11 is 3.24. The Balaban J connectivity index is 1.67. The summed E-state index contributed by atoms with van der Waals surface area (Å²) in [7, 11) is 1.46. The van der Waals surface area contributed by atoms with Gasteiger partial charge in [0, 0.05) is 18.0 Å². The third kappa shape index (κ3) is 4.73. The number of carbonyl (C=O) groups excluding carboxylic acids is 1. The van der Waals surface area contributed by atoms with Gasteiger partial charge in [-0.15, -0.1) is 0 Å². The number of hydrogen-bond acceptors (Lipinski definition) is 5. The molecule has 0 aliphatic carbocycles. The number of halogens is 1. The maximum absolute atomic E-state index is 12.3. The first-order chi connectivity index (χ1) is 13.1. The topological polar surface area (TPSA) is 88.7 Å². The molecule has 2 N–H and O–H groups in total. The van der Waals surface area contributed by atoms with Crippen LogP contribution in [0, 0.1) is 0 Å². The molecule has 1 amide bonds. The van der Waals surface area contributed by atoms with Gasteiger partial charge >= 0.3 is 0 Å². The SMILES string of the molecule is COc1cc(/C=N\NC(=O)c2cccc(Cn3cccn3)c2)cc(Br)c1O. The first kappa shape index (κ1) is 18.7. The summed E-state index contributed by atoms with van der Waals surface area (Å²) in [6.45, 7) is 0.582. The maximum Gasteiger partial charge on any atom is 0.271 e. The van der Waals surface area contributed by atoms with Crippen molar-refractivity contribution in [2.75, 3.05) is 7.11 Å². The summed E-state index contributed by atoms with van der Waals surface area (Å²) in [6, 6.07) is 12.4. The van der Waals surface area contributed by atoms with Gasteiger partial charge in [-0.1, -0.05) is 12.1 Å². The normalized spacial score (nSPS) is 10.9. The van der Waals surface area contributed by atoms with Crippen molar-refractivity contribution in [3.8, 4) is 11.5 Å². The maximum atomic E-state index is 12.3. The molecule has 0 atom stereocenters. The molecule has 2 aromatic carbocycles. The van der Waals surface area contributed by atoms with Crippen LogP contribution < -0.4 is 10.2 Å². The molecule has 0 bridgehead atoms. The minimum absolute atomic E-state index is 0.00711. The lowest BCUT2D eigenvalue weighted by Gasteiger charge is -2.06. The lowest BCUT2D eigenvalue weighted by molar-refractivity contribution is 0.0955. The zero-order valence-electron chi connectivity index (χ0n) is 14.5.